The van der Waals surface area contributed by atoms with Gasteiger partial charge in [0.25, 0.3) is 0 Å². The van der Waals surface area contributed by atoms with Crippen molar-refractivity contribution in [3.8, 4) is 0 Å². The summed E-state index contributed by atoms with van der Waals surface area (Å²) in [7, 11) is 0. The number of carbonyl (C=O) groups excluding carboxylic acids is 1. The lowest BCUT2D eigenvalue weighted by molar-refractivity contribution is -0.148. The van der Waals surface area contributed by atoms with Crippen molar-refractivity contribution in [2.45, 2.75) is 45.8 Å². The monoisotopic (exact) mass is 203 g/mol. The molecule has 1 atom stereocenters. The summed E-state index contributed by atoms with van der Waals surface area (Å²) in [6.07, 6.45) is 0.804. The number of carbonyl (C=O) groups is 1. The molecule has 0 aromatic rings. The molecule has 0 heterocycles. The predicted molar refractivity (Wildman–Crippen MR) is 54.9 cm³/mol. The lowest BCUT2D eigenvalue weighted by atomic mass is 10.2. The van der Waals surface area contributed by atoms with Gasteiger partial charge in [0, 0.05) is 0 Å². The lowest BCUT2D eigenvalue weighted by Gasteiger charge is -2.21. The van der Waals surface area contributed by atoms with Crippen molar-refractivity contribution >= 4 is 5.97 Å². The third-order valence-corrected chi connectivity index (χ3v) is 1.45. The van der Waals surface area contributed by atoms with Crippen LogP contribution in [0.15, 0.2) is 0 Å². The van der Waals surface area contributed by atoms with Crippen molar-refractivity contribution in [2.75, 3.05) is 13.2 Å². The van der Waals surface area contributed by atoms with Gasteiger partial charge >= 0.3 is 5.97 Å². The molecule has 0 saturated heterocycles. The van der Waals surface area contributed by atoms with Gasteiger partial charge in [-0.1, -0.05) is 6.92 Å². The van der Waals surface area contributed by atoms with E-state index >= 15 is 0 Å². The van der Waals surface area contributed by atoms with Gasteiger partial charge in [-0.05, 0) is 27.2 Å². The number of esters is 1. The first kappa shape index (κ1) is 13.4. The minimum Gasteiger partial charge on any atom is -0.464 e. The molecule has 0 fully saturated rings. The normalized spacial score (nSPS) is 13.8. The second-order valence-corrected chi connectivity index (χ2v) is 4.20. The first-order valence-corrected chi connectivity index (χ1v) is 4.93. The minimum atomic E-state index is -0.680. The third kappa shape index (κ3) is 6.86. The SMILES string of the molecule is CCCOC(=O)[C@@H](N)COC(C)(C)C. The van der Waals surface area contributed by atoms with Crippen molar-refractivity contribution < 1.29 is 14.3 Å². The van der Waals surface area contributed by atoms with Crippen LogP contribution in [0.25, 0.3) is 0 Å². The van der Waals surface area contributed by atoms with E-state index in [1.54, 1.807) is 0 Å². The van der Waals surface area contributed by atoms with Crippen molar-refractivity contribution in [3.05, 3.63) is 0 Å². The highest BCUT2D eigenvalue weighted by molar-refractivity contribution is 5.75. The molecule has 0 aliphatic heterocycles. The highest BCUT2D eigenvalue weighted by Gasteiger charge is 2.18. The van der Waals surface area contributed by atoms with Crippen LogP contribution in [0.1, 0.15) is 34.1 Å². The molecule has 0 radical (unpaired) electrons. The van der Waals surface area contributed by atoms with E-state index in [1.165, 1.54) is 0 Å². The fourth-order valence-electron chi connectivity index (χ4n) is 0.718. The standard InChI is InChI=1S/C10H21NO3/c1-5-6-13-9(12)8(11)7-14-10(2,3)4/h8H,5-7,11H2,1-4H3/t8-/m0/s1. The summed E-state index contributed by atoms with van der Waals surface area (Å²) in [5.74, 6) is -0.392. The van der Waals surface area contributed by atoms with Crippen molar-refractivity contribution in [1.29, 1.82) is 0 Å². The molecule has 0 amide bonds. The Kier molecular flexibility index (Phi) is 5.72. The smallest absolute Gasteiger partial charge is 0.325 e. The van der Waals surface area contributed by atoms with Gasteiger partial charge in [-0.25, -0.2) is 0 Å². The second-order valence-electron chi connectivity index (χ2n) is 4.20. The molecule has 14 heavy (non-hydrogen) atoms. The zero-order valence-electron chi connectivity index (χ0n) is 9.50. The molecule has 0 aliphatic carbocycles. The number of rotatable bonds is 5. The molecule has 0 aromatic carbocycles. The van der Waals surface area contributed by atoms with Crippen LogP contribution in [0.4, 0.5) is 0 Å². The number of hydrogen-bond acceptors (Lipinski definition) is 4. The lowest BCUT2D eigenvalue weighted by Crippen LogP contribution is -2.39. The number of nitrogens with two attached hydrogens (primary N) is 1. The summed E-state index contributed by atoms with van der Waals surface area (Å²) < 4.78 is 10.2. The Morgan fingerprint density at radius 2 is 2.00 bits per heavy atom. The maximum atomic E-state index is 11.2. The summed E-state index contributed by atoms with van der Waals surface area (Å²) in [6.45, 7) is 8.30. The quantitative estimate of drug-likeness (QED) is 0.679. The molecular weight excluding hydrogens is 182 g/mol. The first-order chi connectivity index (χ1) is 6.37. The molecule has 4 nitrogen and oxygen atoms in total. The van der Waals surface area contributed by atoms with E-state index < -0.39 is 12.0 Å². The summed E-state index contributed by atoms with van der Waals surface area (Å²) in [5, 5.41) is 0. The molecule has 2 N–H and O–H groups in total. The minimum absolute atomic E-state index is 0.200. The summed E-state index contributed by atoms with van der Waals surface area (Å²) in [4.78, 5) is 11.2. The van der Waals surface area contributed by atoms with Crippen LogP contribution in [0.5, 0.6) is 0 Å². The van der Waals surface area contributed by atoms with Crippen LogP contribution in [0.2, 0.25) is 0 Å². The highest BCUT2D eigenvalue weighted by atomic mass is 16.5. The van der Waals surface area contributed by atoms with Gasteiger partial charge in [-0.2, -0.15) is 0 Å². The van der Waals surface area contributed by atoms with Gasteiger partial charge in [0.2, 0.25) is 0 Å². The Bertz CT molecular complexity index is 175. The molecule has 0 spiro atoms. The first-order valence-electron chi connectivity index (χ1n) is 4.93. The predicted octanol–water partition coefficient (Wildman–Crippen LogP) is 1.08. The summed E-state index contributed by atoms with van der Waals surface area (Å²) in [6, 6.07) is -0.680. The van der Waals surface area contributed by atoms with Gasteiger partial charge in [-0.3, -0.25) is 4.79 Å². The van der Waals surface area contributed by atoms with E-state index in [0.717, 1.165) is 6.42 Å². The third-order valence-electron chi connectivity index (χ3n) is 1.45. The zero-order valence-corrected chi connectivity index (χ0v) is 9.50. The maximum absolute atomic E-state index is 11.2. The Hall–Kier alpha value is -0.610. The van der Waals surface area contributed by atoms with Gasteiger partial charge in [0.15, 0.2) is 0 Å². The average Bonchev–Trinajstić information content (AvgIpc) is 2.09. The van der Waals surface area contributed by atoms with Gasteiger partial charge < -0.3 is 15.2 Å². The van der Waals surface area contributed by atoms with E-state index in [0.29, 0.717) is 6.61 Å². The van der Waals surface area contributed by atoms with Crippen molar-refractivity contribution in [3.63, 3.8) is 0 Å². The number of ether oxygens (including phenoxy) is 2. The Labute approximate surface area is 85.8 Å². The highest BCUT2D eigenvalue weighted by Crippen LogP contribution is 2.06. The van der Waals surface area contributed by atoms with Crippen LogP contribution in [-0.4, -0.2) is 30.8 Å². The molecule has 4 heteroatoms. The Balaban J connectivity index is 3.73. The summed E-state index contributed by atoms with van der Waals surface area (Å²) in [5.41, 5.74) is 5.29. The second kappa shape index (κ2) is 5.98. The van der Waals surface area contributed by atoms with Gasteiger partial charge in [-0.15, -0.1) is 0 Å². The number of hydrogen-bond donors (Lipinski definition) is 1. The molecule has 0 unspecified atom stereocenters. The largest absolute Gasteiger partial charge is 0.464 e. The fourth-order valence-corrected chi connectivity index (χ4v) is 0.718. The fraction of sp³-hybridized carbons (Fsp3) is 0.900. The molecular formula is C10H21NO3. The van der Waals surface area contributed by atoms with E-state index in [4.69, 9.17) is 15.2 Å². The molecule has 0 rings (SSSR count). The summed E-state index contributed by atoms with van der Waals surface area (Å²) >= 11 is 0. The molecule has 0 aromatic heterocycles. The van der Waals surface area contributed by atoms with Crippen molar-refractivity contribution in [1.82, 2.24) is 0 Å². The molecule has 0 bridgehead atoms. The maximum Gasteiger partial charge on any atom is 0.325 e. The average molecular weight is 203 g/mol. The van der Waals surface area contributed by atoms with Crippen LogP contribution < -0.4 is 5.73 Å². The van der Waals surface area contributed by atoms with Crippen LogP contribution in [-0.2, 0) is 14.3 Å². The molecule has 0 saturated carbocycles. The van der Waals surface area contributed by atoms with Crippen LogP contribution >= 0.6 is 0 Å². The van der Waals surface area contributed by atoms with Gasteiger partial charge in [0.05, 0.1) is 18.8 Å². The van der Waals surface area contributed by atoms with Gasteiger partial charge in [0.1, 0.15) is 6.04 Å². The molecule has 84 valence electrons. The molecule has 0 aliphatic rings. The van der Waals surface area contributed by atoms with Crippen LogP contribution in [0, 0.1) is 0 Å². The Morgan fingerprint density at radius 3 is 2.43 bits per heavy atom. The van der Waals surface area contributed by atoms with E-state index in [-0.39, 0.29) is 12.2 Å². The van der Waals surface area contributed by atoms with Crippen molar-refractivity contribution in [2.24, 2.45) is 5.73 Å². The Morgan fingerprint density at radius 1 is 1.43 bits per heavy atom. The van der Waals surface area contributed by atoms with E-state index in [9.17, 15) is 4.79 Å². The topological polar surface area (TPSA) is 61.5 Å². The van der Waals surface area contributed by atoms with E-state index in [2.05, 4.69) is 0 Å². The van der Waals surface area contributed by atoms with E-state index in [1.807, 2.05) is 27.7 Å². The zero-order chi connectivity index (χ0) is 11.2. The van der Waals surface area contributed by atoms with Crippen LogP contribution in [0.3, 0.4) is 0 Å².